The van der Waals surface area contributed by atoms with Crippen LogP contribution in [0.4, 0.5) is 0 Å². The molecule has 0 bridgehead atoms. The van der Waals surface area contributed by atoms with Gasteiger partial charge in [0.1, 0.15) is 0 Å². The SMILES string of the molecule is COC1=C(C)CC(CCN)(OC)[Se]1. The molecule has 0 radical (unpaired) electrons. The van der Waals surface area contributed by atoms with Crippen LogP contribution in [-0.2, 0) is 9.47 Å². The minimum absolute atomic E-state index is 0.0306. The van der Waals surface area contributed by atoms with E-state index in [1.807, 2.05) is 0 Å². The quantitative estimate of drug-likeness (QED) is 0.746. The molecule has 0 spiro atoms. The van der Waals surface area contributed by atoms with Gasteiger partial charge < -0.3 is 0 Å². The molecule has 1 aliphatic heterocycles. The molecular weight excluding hydrogens is 233 g/mol. The fraction of sp³-hybridized carbons (Fsp3) is 0.778. The zero-order valence-corrected chi connectivity index (χ0v) is 10.1. The second-order valence-corrected chi connectivity index (χ2v) is 5.97. The summed E-state index contributed by atoms with van der Waals surface area (Å²) in [5.41, 5.74) is 6.89. The van der Waals surface area contributed by atoms with Crippen LogP contribution in [0.1, 0.15) is 19.8 Å². The van der Waals surface area contributed by atoms with Crippen LogP contribution in [0.15, 0.2) is 10.2 Å². The minimum atomic E-state index is -0.0306. The second-order valence-electron chi connectivity index (χ2n) is 3.20. The zero-order valence-electron chi connectivity index (χ0n) is 8.42. The average Bonchev–Trinajstić information content (AvgIpc) is 2.44. The van der Waals surface area contributed by atoms with E-state index in [1.54, 1.807) is 14.2 Å². The van der Waals surface area contributed by atoms with Crippen LogP contribution in [0.5, 0.6) is 0 Å². The molecule has 2 N–H and O–H groups in total. The van der Waals surface area contributed by atoms with E-state index in [0.29, 0.717) is 6.54 Å². The van der Waals surface area contributed by atoms with Crippen molar-refractivity contribution in [2.45, 2.75) is 24.3 Å². The van der Waals surface area contributed by atoms with E-state index in [4.69, 9.17) is 15.2 Å². The Hall–Kier alpha value is -0.0205. The molecule has 0 aliphatic carbocycles. The van der Waals surface area contributed by atoms with E-state index >= 15 is 0 Å². The Labute approximate surface area is 85.8 Å². The molecular formula is C9H17NO2Se. The average molecular weight is 250 g/mol. The van der Waals surface area contributed by atoms with Gasteiger partial charge in [-0.2, -0.15) is 0 Å². The summed E-state index contributed by atoms with van der Waals surface area (Å²) in [6.07, 6.45) is 1.90. The summed E-state index contributed by atoms with van der Waals surface area (Å²) in [6, 6.07) is 0. The van der Waals surface area contributed by atoms with E-state index < -0.39 is 0 Å². The van der Waals surface area contributed by atoms with Crippen molar-refractivity contribution in [1.82, 2.24) is 0 Å². The van der Waals surface area contributed by atoms with Crippen molar-refractivity contribution in [3.63, 3.8) is 0 Å². The van der Waals surface area contributed by atoms with Gasteiger partial charge in [-0.15, -0.1) is 0 Å². The third kappa shape index (κ3) is 2.26. The summed E-state index contributed by atoms with van der Waals surface area (Å²) >= 11 is 0.278. The van der Waals surface area contributed by atoms with Crippen LogP contribution in [0.3, 0.4) is 0 Å². The molecule has 13 heavy (non-hydrogen) atoms. The normalized spacial score (nSPS) is 28.3. The molecule has 0 aromatic carbocycles. The van der Waals surface area contributed by atoms with Gasteiger partial charge in [0.2, 0.25) is 0 Å². The van der Waals surface area contributed by atoms with Crippen molar-refractivity contribution in [2.75, 3.05) is 20.8 Å². The molecule has 1 aliphatic rings. The number of ether oxygens (including phenoxy) is 2. The van der Waals surface area contributed by atoms with Crippen LogP contribution in [0.2, 0.25) is 0 Å². The van der Waals surface area contributed by atoms with E-state index in [-0.39, 0.29) is 19.5 Å². The van der Waals surface area contributed by atoms with Gasteiger partial charge in [-0.05, 0) is 0 Å². The van der Waals surface area contributed by atoms with Gasteiger partial charge >= 0.3 is 85.4 Å². The van der Waals surface area contributed by atoms with E-state index in [2.05, 4.69) is 6.92 Å². The summed E-state index contributed by atoms with van der Waals surface area (Å²) in [4.78, 5) is 0. The summed E-state index contributed by atoms with van der Waals surface area (Å²) < 4.78 is 12.0. The first-order valence-corrected chi connectivity index (χ1v) is 6.06. The summed E-state index contributed by atoms with van der Waals surface area (Å²) in [6.45, 7) is 2.79. The number of nitrogens with two attached hydrogens (primary N) is 1. The van der Waals surface area contributed by atoms with Crippen LogP contribution < -0.4 is 5.73 Å². The van der Waals surface area contributed by atoms with Gasteiger partial charge in [-0.1, -0.05) is 0 Å². The Kier molecular flexibility index (Phi) is 3.80. The number of rotatable bonds is 4. The Morgan fingerprint density at radius 2 is 2.23 bits per heavy atom. The van der Waals surface area contributed by atoms with Crippen molar-refractivity contribution in [3.8, 4) is 0 Å². The monoisotopic (exact) mass is 251 g/mol. The van der Waals surface area contributed by atoms with Crippen LogP contribution >= 0.6 is 0 Å². The van der Waals surface area contributed by atoms with Crippen LogP contribution in [0, 0.1) is 0 Å². The van der Waals surface area contributed by atoms with Gasteiger partial charge in [0.15, 0.2) is 0 Å². The first-order chi connectivity index (χ1) is 6.17. The molecule has 0 saturated carbocycles. The molecule has 1 atom stereocenters. The van der Waals surface area contributed by atoms with Crippen LogP contribution in [-0.4, -0.2) is 40.2 Å². The number of hydrogen-bond donors (Lipinski definition) is 1. The molecule has 1 unspecified atom stereocenters. The molecule has 0 saturated heterocycles. The fourth-order valence-electron chi connectivity index (χ4n) is 1.56. The first-order valence-electron chi connectivity index (χ1n) is 4.35. The molecule has 0 fully saturated rings. The van der Waals surface area contributed by atoms with Crippen molar-refractivity contribution < 1.29 is 9.47 Å². The maximum atomic E-state index is 5.57. The molecule has 0 aromatic rings. The molecule has 3 nitrogen and oxygen atoms in total. The summed E-state index contributed by atoms with van der Waals surface area (Å²) in [5.74, 6) is 0. The molecule has 1 rings (SSSR count). The van der Waals surface area contributed by atoms with Gasteiger partial charge in [0.25, 0.3) is 0 Å². The predicted octanol–water partition coefficient (Wildman–Crippen LogP) is 0.664. The first kappa shape index (κ1) is 11.1. The Morgan fingerprint density at radius 3 is 2.62 bits per heavy atom. The maximum absolute atomic E-state index is 5.57. The standard InChI is InChI=1S/C9H17NO2Se/c1-7-6-9(12-3,4-5-10)13-8(7)11-2/h4-6,10H2,1-3H3. The predicted molar refractivity (Wildman–Crippen MR) is 53.5 cm³/mol. The van der Waals surface area contributed by atoms with Gasteiger partial charge in [0.05, 0.1) is 0 Å². The van der Waals surface area contributed by atoms with Gasteiger partial charge in [0, 0.05) is 0 Å². The van der Waals surface area contributed by atoms with Crippen molar-refractivity contribution in [3.05, 3.63) is 10.2 Å². The Bertz CT molecular complexity index is 218. The van der Waals surface area contributed by atoms with E-state index in [1.165, 1.54) is 5.57 Å². The number of hydrogen-bond acceptors (Lipinski definition) is 3. The Balaban J connectivity index is 2.67. The van der Waals surface area contributed by atoms with Gasteiger partial charge in [-0.25, -0.2) is 0 Å². The molecule has 4 heteroatoms. The third-order valence-electron chi connectivity index (χ3n) is 2.24. The molecule has 76 valence electrons. The molecule has 0 amide bonds. The molecule has 0 aromatic heterocycles. The van der Waals surface area contributed by atoms with Crippen molar-refractivity contribution >= 4 is 15.0 Å². The van der Waals surface area contributed by atoms with Gasteiger partial charge in [-0.3, -0.25) is 0 Å². The van der Waals surface area contributed by atoms with Crippen molar-refractivity contribution in [2.24, 2.45) is 5.73 Å². The third-order valence-corrected chi connectivity index (χ3v) is 5.58. The topological polar surface area (TPSA) is 44.5 Å². The van der Waals surface area contributed by atoms with Crippen LogP contribution in [0.25, 0.3) is 0 Å². The zero-order chi connectivity index (χ0) is 9.90. The van der Waals surface area contributed by atoms with E-state index in [9.17, 15) is 0 Å². The number of methoxy groups -OCH3 is 2. The fourth-order valence-corrected chi connectivity index (χ4v) is 4.20. The van der Waals surface area contributed by atoms with Crippen molar-refractivity contribution in [1.29, 1.82) is 0 Å². The van der Waals surface area contributed by atoms with E-state index in [0.717, 1.165) is 17.5 Å². The summed E-state index contributed by atoms with van der Waals surface area (Å²) in [5, 5.41) is 0. The molecule has 1 heterocycles. The summed E-state index contributed by atoms with van der Waals surface area (Å²) in [7, 11) is 3.50. The Morgan fingerprint density at radius 1 is 1.54 bits per heavy atom. The second kappa shape index (κ2) is 4.47.